The number of aliphatic imine (C=N–C) groups is 3. The van der Waals surface area contributed by atoms with E-state index in [1.807, 2.05) is 6.92 Å². The number of hydrogen-bond acceptors (Lipinski definition) is 35. The van der Waals surface area contributed by atoms with Crippen LogP contribution < -0.4 is 26.6 Å². The van der Waals surface area contributed by atoms with E-state index in [0.717, 1.165) is 64.2 Å². The maximum atomic E-state index is 13.2. The molecule has 0 spiro atoms. The van der Waals surface area contributed by atoms with Crippen LogP contribution in [0.2, 0.25) is 0 Å². The molecule has 6 heterocycles. The maximum Gasteiger partial charge on any atom is 0.407 e. The summed E-state index contributed by atoms with van der Waals surface area (Å²) in [4.78, 5) is 153. The SMILES string of the molecule is C=C(C)C(=O)OCCO.C=C(C)C(=O)OCCOC(=O)CCC1(C)CC(NC(=O)OC2COC3C(OC(=O)NC4CC(C)(C)CC(C)(CNC(=O)OCCOC(=O)C(=C)C)C4)COC23)CC(C)(C)C1.CC1(C)CC(N=C=O)CC(C)(CN=C=O)C1.CC1(C)CC(NC(=O)OC2COC3C(OC(=O)NC4CC(C)(C)CC(C)(COC#N)C4)COC23)CC(C)(CN=C=O)C1.OC1COC2C(O)COC12. The minimum atomic E-state index is -0.710. The van der Waals surface area contributed by atoms with Crippen LogP contribution in [0.3, 0.4) is 0 Å². The Labute approximate surface area is 804 Å². The Balaban J connectivity index is 0.000000281. The van der Waals surface area contributed by atoms with Gasteiger partial charge in [-0.3, -0.25) is 4.79 Å². The number of aliphatic hydroxyl groups is 3. The number of aliphatic hydroxyl groups excluding tert-OH is 3. The fraction of sp³-hybridized carbons (Fsp3) is 0.804. The molecule has 5 amide bonds. The summed E-state index contributed by atoms with van der Waals surface area (Å²) in [5.74, 6) is -1.92. The normalized spacial score (nSPS) is 33.1. The third-order valence-corrected chi connectivity index (χ3v) is 26.3. The summed E-state index contributed by atoms with van der Waals surface area (Å²) in [6.07, 6.45) is 9.33. The van der Waals surface area contributed by atoms with Gasteiger partial charge in [-0.15, -0.1) is 0 Å². The fourth-order valence-electron chi connectivity index (χ4n) is 23.0. The van der Waals surface area contributed by atoms with Crippen LogP contribution in [0, 0.1) is 65.7 Å². The summed E-state index contributed by atoms with van der Waals surface area (Å²) in [5.41, 5.74) is -0.506. The molecule has 0 aromatic carbocycles. The summed E-state index contributed by atoms with van der Waals surface area (Å²) in [6, 6.07) is -0.694. The van der Waals surface area contributed by atoms with Crippen LogP contribution >= 0.6 is 0 Å². The molecule has 770 valence electrons. The standard InChI is InChI=1S/C43H67N3O14.C30H46N4O8.C12H18N2O2.C6H10O4.C6H10O3/c1-26(2)35(48)54-14-13-53-32(47)11-12-42(9)19-28(17-40(5,6)23-42)45-38(51)59-30-21-57-34-31(22-58-33(30)34)60-39(52)46-29-18-41(7,8)24-43(10,20-29)25-44-37(50)56-16-15-55-36(49)27(3)4;1-27(2)7-19(9-29(5,13-27)15-32-18-35)33-25(36)41-21-11-39-24-22(12-40-23(21)24)42-26(37)34-20-8-28(3,4)14-30(6,10-20)16-38-17-31;1-11(2)4-10(14-9-16)5-12(3,6-11)7-13-8-15;7-3-1-9-6-4(8)2-10-5(3)6;1-5(2)6(8)9-4-3-7/h28-31,33-34H,1,3,11-25H2,2,4-10H3,(H,44,50)(H,45,51)(H,46,52);19-24H,7-16H2,1-6H3,(H,33,36)(H,34,37);10H,4-7H2,1-3H3;3-8H,1-2H2;7H,1,3-4H2,2H3. The Morgan fingerprint density at radius 1 is 0.394 bits per heavy atom. The van der Waals surface area contributed by atoms with E-state index >= 15 is 0 Å². The zero-order valence-electron chi connectivity index (χ0n) is 83.3. The molecule has 22 unspecified atom stereocenters. The van der Waals surface area contributed by atoms with Gasteiger partial charge in [0.05, 0.1) is 65.4 Å². The van der Waals surface area contributed by atoms with Gasteiger partial charge < -0.3 is 118 Å². The highest BCUT2D eigenvalue weighted by Crippen LogP contribution is 2.52. The number of fused-ring (bicyclic) bond motifs is 3. The molecule has 11 fully saturated rings. The zero-order valence-corrected chi connectivity index (χ0v) is 83.3. The fourth-order valence-corrected chi connectivity index (χ4v) is 23.0. The van der Waals surface area contributed by atoms with E-state index < -0.39 is 109 Å². The van der Waals surface area contributed by atoms with Crippen molar-refractivity contribution in [3.63, 3.8) is 0 Å². The zero-order chi connectivity index (χ0) is 102. The van der Waals surface area contributed by atoms with Gasteiger partial charge in [0.1, 0.15) is 88.5 Å². The smallest absolute Gasteiger partial charge is 0.407 e. The van der Waals surface area contributed by atoms with Gasteiger partial charge in [0, 0.05) is 59.3 Å². The molecular weight excluding hydrogens is 1790 g/mol. The van der Waals surface area contributed by atoms with Crippen molar-refractivity contribution in [2.75, 3.05) is 106 Å². The van der Waals surface area contributed by atoms with Gasteiger partial charge >= 0.3 is 54.3 Å². The van der Waals surface area contributed by atoms with Gasteiger partial charge in [0.2, 0.25) is 18.2 Å². The van der Waals surface area contributed by atoms with Crippen LogP contribution in [0.1, 0.15) is 234 Å². The van der Waals surface area contributed by atoms with Crippen LogP contribution in [0.4, 0.5) is 24.0 Å². The van der Waals surface area contributed by atoms with Crippen molar-refractivity contribution in [2.45, 2.75) is 337 Å². The lowest BCUT2D eigenvalue weighted by molar-refractivity contribution is -0.150. The number of nitrogens with one attached hydrogen (secondary N) is 5. The van der Waals surface area contributed by atoms with Gasteiger partial charge in [0.15, 0.2) is 24.4 Å². The molecule has 8 N–H and O–H groups in total. The first-order valence-electron chi connectivity index (χ1n) is 47.2. The predicted molar refractivity (Wildman–Crippen MR) is 491 cm³/mol. The first-order valence-corrected chi connectivity index (χ1v) is 47.2. The monoisotopic (exact) mass is 1940 g/mol. The number of carbonyl (C=O) groups is 9. The number of isocyanates is 3. The van der Waals surface area contributed by atoms with Crippen LogP contribution in [0.15, 0.2) is 51.4 Å². The predicted octanol–water partition coefficient (Wildman–Crippen LogP) is 10.3. The Bertz CT molecular complexity index is 4220. The Morgan fingerprint density at radius 3 is 1.09 bits per heavy atom. The third-order valence-electron chi connectivity index (χ3n) is 26.3. The first-order chi connectivity index (χ1) is 64.0. The average molecular weight is 1940 g/mol. The average Bonchev–Trinajstić information content (AvgIpc) is 1.61. The van der Waals surface area contributed by atoms with E-state index in [1.54, 1.807) is 38.3 Å². The van der Waals surface area contributed by atoms with Crippen molar-refractivity contribution in [2.24, 2.45) is 69.1 Å². The number of hydrogen-bond donors (Lipinski definition) is 8. The number of amides is 5. The number of ether oxygens (including phenoxy) is 16. The number of nitrogens with zero attached hydrogens (tertiary/aromatic N) is 4. The Morgan fingerprint density at radius 2 is 0.715 bits per heavy atom. The van der Waals surface area contributed by atoms with Crippen LogP contribution in [-0.4, -0.2) is 297 Å². The molecule has 11 aliphatic rings. The molecule has 40 nitrogen and oxygen atoms in total. The summed E-state index contributed by atoms with van der Waals surface area (Å²) >= 11 is 0. The topological polar surface area (TPSA) is 534 Å². The van der Waals surface area contributed by atoms with Gasteiger partial charge in [-0.25, -0.2) is 67.7 Å². The summed E-state index contributed by atoms with van der Waals surface area (Å²) in [6.45, 7) is 48.9. The number of esters is 4. The minimum Gasteiger partial charge on any atom is -0.462 e. The van der Waals surface area contributed by atoms with Crippen LogP contribution in [0.25, 0.3) is 0 Å². The number of carbonyl (C=O) groups excluding carboxylic acids is 12. The molecule has 0 bridgehead atoms. The molecule has 137 heavy (non-hydrogen) atoms. The molecule has 0 aromatic rings. The maximum absolute atomic E-state index is 13.2. The Hall–Kier alpha value is -9.48. The van der Waals surface area contributed by atoms with Gasteiger partial charge in [-0.05, 0) is 172 Å². The highest BCUT2D eigenvalue weighted by molar-refractivity contribution is 5.88. The van der Waals surface area contributed by atoms with Gasteiger partial charge in [0.25, 0.3) is 6.26 Å². The summed E-state index contributed by atoms with van der Waals surface area (Å²) in [7, 11) is 0. The summed E-state index contributed by atoms with van der Waals surface area (Å²) < 4.78 is 86.7. The van der Waals surface area contributed by atoms with E-state index in [0.29, 0.717) is 70.3 Å². The first kappa shape index (κ1) is 114. The molecule has 0 radical (unpaired) electrons. The molecule has 0 aromatic heterocycles. The quantitative estimate of drug-likeness (QED) is 0.00608. The van der Waals surface area contributed by atoms with Crippen molar-refractivity contribution in [3.8, 4) is 6.26 Å². The van der Waals surface area contributed by atoms with Gasteiger partial charge in [-0.2, -0.15) is 5.26 Å². The molecule has 22 atom stereocenters. The summed E-state index contributed by atoms with van der Waals surface area (Å²) in [5, 5.41) is 50.2. The highest BCUT2D eigenvalue weighted by atomic mass is 16.7. The largest absolute Gasteiger partial charge is 0.462 e. The number of rotatable bonds is 31. The molecule has 5 saturated carbocycles. The lowest BCUT2D eigenvalue weighted by Crippen LogP contribution is -2.51. The van der Waals surface area contributed by atoms with Crippen LogP contribution in [0.5, 0.6) is 0 Å². The lowest BCUT2D eigenvalue weighted by atomic mass is 9.61. The second kappa shape index (κ2) is 50.6. The van der Waals surface area contributed by atoms with Crippen molar-refractivity contribution >= 4 is 72.6 Å². The number of nitriles is 1. The van der Waals surface area contributed by atoms with Crippen molar-refractivity contribution < 1.29 is 149 Å². The van der Waals surface area contributed by atoms with E-state index in [4.69, 9.17) is 91.6 Å². The van der Waals surface area contributed by atoms with E-state index in [1.165, 1.54) is 6.92 Å². The van der Waals surface area contributed by atoms with E-state index in [9.17, 15) is 57.5 Å². The van der Waals surface area contributed by atoms with Crippen molar-refractivity contribution in [1.29, 1.82) is 5.26 Å². The molecular formula is C97H151N9O31. The van der Waals surface area contributed by atoms with E-state index in [2.05, 4.69) is 163 Å². The molecule has 6 aliphatic heterocycles. The molecule has 6 saturated heterocycles. The van der Waals surface area contributed by atoms with Crippen molar-refractivity contribution in [3.05, 3.63) is 36.5 Å². The van der Waals surface area contributed by atoms with Crippen LogP contribution in [-0.2, 0) is 109 Å². The number of alkyl carbamates (subject to hydrolysis) is 5. The Kier molecular flexibility index (Phi) is 42.3. The second-order valence-corrected chi connectivity index (χ2v) is 44.6. The molecule has 11 rings (SSSR count). The van der Waals surface area contributed by atoms with Gasteiger partial charge in [-0.1, -0.05) is 124 Å². The van der Waals surface area contributed by atoms with E-state index in [-0.39, 0.29) is 199 Å². The second-order valence-electron chi connectivity index (χ2n) is 44.6. The lowest BCUT2D eigenvalue weighted by Gasteiger charge is -2.46. The highest BCUT2D eigenvalue weighted by Gasteiger charge is 2.56. The third kappa shape index (κ3) is 37.6. The van der Waals surface area contributed by atoms with Crippen molar-refractivity contribution in [1.82, 2.24) is 26.6 Å². The molecule has 5 aliphatic carbocycles. The molecule has 40 heteroatoms. The minimum absolute atomic E-state index is 0.00750.